The summed E-state index contributed by atoms with van der Waals surface area (Å²) in [5.74, 6) is -0.346. The number of anilines is 1. The van der Waals surface area contributed by atoms with Crippen molar-refractivity contribution in [3.05, 3.63) is 60.2 Å². The van der Waals surface area contributed by atoms with Gasteiger partial charge in [-0.05, 0) is 37.1 Å². The van der Waals surface area contributed by atoms with Gasteiger partial charge in [-0.1, -0.05) is 53.8 Å². The highest BCUT2D eigenvalue weighted by molar-refractivity contribution is 7.96. The van der Waals surface area contributed by atoms with Crippen LogP contribution in [0, 0.1) is 0 Å². The summed E-state index contributed by atoms with van der Waals surface area (Å²) in [6.07, 6.45) is 1.39. The molecule has 3 aromatic rings. The van der Waals surface area contributed by atoms with Crippen molar-refractivity contribution in [1.29, 1.82) is 0 Å². The topological polar surface area (TPSA) is 102 Å². The van der Waals surface area contributed by atoms with E-state index in [1.54, 1.807) is 0 Å². The van der Waals surface area contributed by atoms with Crippen molar-refractivity contribution in [2.24, 2.45) is 11.5 Å². The number of carbonyl (C=O) groups is 2. The Bertz CT molecular complexity index is 944. The lowest BCUT2D eigenvalue weighted by Crippen LogP contribution is -2.52. The number of hydrogen-bond donors (Lipinski definition) is 3. The second-order valence-corrected chi connectivity index (χ2v) is 8.20. The van der Waals surface area contributed by atoms with E-state index < -0.39 is 17.2 Å². The molecule has 0 aliphatic heterocycles. The highest BCUT2D eigenvalue weighted by Gasteiger charge is 2.34. The van der Waals surface area contributed by atoms with E-state index in [-0.39, 0.29) is 5.91 Å². The van der Waals surface area contributed by atoms with Crippen LogP contribution in [0.4, 0.5) is 5.13 Å². The molecule has 0 fully saturated rings. The molecule has 1 heterocycles. The van der Waals surface area contributed by atoms with Crippen LogP contribution in [0.5, 0.6) is 0 Å². The third-order valence-corrected chi connectivity index (χ3v) is 5.96. The molecule has 8 heteroatoms. The Morgan fingerprint density at radius 1 is 1.10 bits per heavy atom. The highest BCUT2D eigenvalue weighted by Crippen LogP contribution is 2.31. The average molecular weight is 429 g/mol. The van der Waals surface area contributed by atoms with Crippen LogP contribution in [0.2, 0.25) is 0 Å². The fraction of sp³-hybridized carbons (Fsp3) is 0.286. The molecule has 0 saturated carbocycles. The van der Waals surface area contributed by atoms with E-state index in [9.17, 15) is 9.59 Å². The smallest absolute Gasteiger partial charge is 0.246 e. The lowest BCUT2D eigenvalue weighted by Gasteiger charge is -2.30. The van der Waals surface area contributed by atoms with Gasteiger partial charge in [-0.25, -0.2) is 4.98 Å². The van der Waals surface area contributed by atoms with Gasteiger partial charge in [0.05, 0.1) is 16.3 Å². The maximum Gasteiger partial charge on any atom is 0.246 e. The van der Waals surface area contributed by atoms with Crippen molar-refractivity contribution in [2.75, 3.05) is 11.4 Å². The van der Waals surface area contributed by atoms with E-state index in [0.29, 0.717) is 30.9 Å². The van der Waals surface area contributed by atoms with Crippen molar-refractivity contribution in [3.63, 3.8) is 0 Å². The normalized spacial score (nSPS) is 13.2. The van der Waals surface area contributed by atoms with E-state index in [1.807, 2.05) is 54.6 Å². The third kappa shape index (κ3) is 5.22. The zero-order valence-corrected chi connectivity index (χ0v) is 17.6. The quantitative estimate of drug-likeness (QED) is 0.455. The molecule has 0 saturated heterocycles. The van der Waals surface area contributed by atoms with Gasteiger partial charge in [0.1, 0.15) is 6.04 Å². The Hall–Kier alpha value is -2.26. The van der Waals surface area contributed by atoms with E-state index >= 15 is 0 Å². The first-order valence-corrected chi connectivity index (χ1v) is 10.7. The lowest BCUT2D eigenvalue weighted by molar-refractivity contribution is -0.122. The number of nitrogens with two attached hydrogens (primary N) is 2. The van der Waals surface area contributed by atoms with Crippen molar-refractivity contribution in [1.82, 2.24) is 4.98 Å². The van der Waals surface area contributed by atoms with Crippen LogP contribution in [0.1, 0.15) is 18.4 Å². The van der Waals surface area contributed by atoms with Crippen molar-refractivity contribution in [3.8, 4) is 0 Å². The van der Waals surface area contributed by atoms with Gasteiger partial charge in [0, 0.05) is 6.42 Å². The SMILES string of the molecule is NCCC[C@@H](N)C(=O)N(c1nc2ccccc2s1)[C@H](Cc1ccccc1)C(=O)S. The Morgan fingerprint density at radius 2 is 1.79 bits per heavy atom. The molecule has 29 heavy (non-hydrogen) atoms. The number of thiazole rings is 1. The van der Waals surface area contributed by atoms with Crippen molar-refractivity contribution in [2.45, 2.75) is 31.3 Å². The predicted molar refractivity (Wildman–Crippen MR) is 121 cm³/mol. The molecule has 4 N–H and O–H groups in total. The predicted octanol–water partition coefficient (Wildman–Crippen LogP) is 2.76. The van der Waals surface area contributed by atoms with Crippen molar-refractivity contribution >= 4 is 50.3 Å². The van der Waals surface area contributed by atoms with E-state index in [1.165, 1.54) is 16.2 Å². The number of para-hydroxylation sites is 1. The summed E-state index contributed by atoms with van der Waals surface area (Å²) in [5, 5.41) is 0.0372. The molecule has 0 aliphatic rings. The standard InChI is InChI=1S/C21H24N4O2S2/c22-12-6-9-15(23)19(26)25(21-24-16-10-4-5-11-18(16)29-21)17(20(27)28)13-14-7-2-1-3-8-14/h1-5,7-8,10-11,15,17H,6,9,12-13,22-23H2,(H,27,28)/t15-,17-/m1/s1. The number of amides is 1. The fourth-order valence-corrected chi connectivity index (χ4v) is 4.34. The van der Waals surface area contributed by atoms with Crippen LogP contribution in [0.3, 0.4) is 0 Å². The number of aromatic nitrogens is 1. The number of hydrogen-bond acceptors (Lipinski definition) is 6. The molecule has 2 aromatic carbocycles. The molecule has 0 bridgehead atoms. The Morgan fingerprint density at radius 3 is 2.45 bits per heavy atom. The van der Waals surface area contributed by atoms with E-state index in [0.717, 1.165) is 15.8 Å². The summed E-state index contributed by atoms with van der Waals surface area (Å²) >= 11 is 5.45. The number of benzene rings is 2. The number of thiol groups is 1. The Balaban J connectivity index is 2.01. The minimum absolute atomic E-state index is 0.328. The molecule has 0 aliphatic carbocycles. The maximum atomic E-state index is 13.3. The van der Waals surface area contributed by atoms with Gasteiger partial charge in [-0.2, -0.15) is 0 Å². The van der Waals surface area contributed by atoms with E-state index in [4.69, 9.17) is 11.5 Å². The van der Waals surface area contributed by atoms with Gasteiger partial charge in [-0.3, -0.25) is 14.5 Å². The van der Waals surface area contributed by atoms with E-state index in [2.05, 4.69) is 17.6 Å². The fourth-order valence-electron chi connectivity index (χ4n) is 3.11. The molecule has 1 aromatic heterocycles. The molecular weight excluding hydrogens is 404 g/mol. The summed E-state index contributed by atoms with van der Waals surface area (Å²) < 4.78 is 0.931. The molecule has 6 nitrogen and oxygen atoms in total. The minimum atomic E-state index is -0.808. The third-order valence-electron chi connectivity index (χ3n) is 4.63. The molecule has 2 atom stereocenters. The Labute approximate surface area is 179 Å². The molecular formula is C21H24N4O2S2. The van der Waals surface area contributed by atoms with Crippen LogP contribution < -0.4 is 16.4 Å². The first-order chi connectivity index (χ1) is 14.0. The van der Waals surface area contributed by atoms with Gasteiger partial charge in [0.15, 0.2) is 5.13 Å². The van der Waals surface area contributed by atoms with Crippen LogP contribution in [-0.2, 0) is 16.0 Å². The first kappa shape index (κ1) is 21.4. The van der Waals surface area contributed by atoms with Gasteiger partial charge in [-0.15, -0.1) is 12.6 Å². The van der Waals surface area contributed by atoms with Crippen LogP contribution in [0.25, 0.3) is 10.2 Å². The number of fused-ring (bicyclic) bond motifs is 1. The molecule has 0 radical (unpaired) electrons. The highest BCUT2D eigenvalue weighted by atomic mass is 32.1. The van der Waals surface area contributed by atoms with Crippen LogP contribution in [0.15, 0.2) is 54.6 Å². The minimum Gasteiger partial charge on any atom is -0.330 e. The van der Waals surface area contributed by atoms with Crippen molar-refractivity contribution < 1.29 is 9.59 Å². The van der Waals surface area contributed by atoms with Gasteiger partial charge in [0.25, 0.3) is 0 Å². The molecule has 0 spiro atoms. The average Bonchev–Trinajstić information content (AvgIpc) is 3.15. The number of carbonyl (C=O) groups excluding carboxylic acids is 2. The lowest BCUT2D eigenvalue weighted by atomic mass is 10.0. The van der Waals surface area contributed by atoms with Crippen LogP contribution in [-0.4, -0.2) is 34.6 Å². The number of rotatable bonds is 9. The van der Waals surface area contributed by atoms with Gasteiger partial charge >= 0.3 is 0 Å². The second-order valence-electron chi connectivity index (χ2n) is 6.75. The van der Waals surface area contributed by atoms with Gasteiger partial charge in [0.2, 0.25) is 11.0 Å². The summed E-state index contributed by atoms with van der Waals surface area (Å²) in [6.45, 7) is 0.445. The second kappa shape index (κ2) is 9.98. The van der Waals surface area contributed by atoms with Gasteiger partial charge < -0.3 is 11.5 Å². The molecule has 152 valence electrons. The molecule has 1 amide bonds. The summed E-state index contributed by atoms with van der Waals surface area (Å²) in [7, 11) is 0. The summed E-state index contributed by atoms with van der Waals surface area (Å²) in [6, 6.07) is 15.6. The van der Waals surface area contributed by atoms with Crippen LogP contribution >= 0.6 is 24.0 Å². The molecule has 0 unspecified atom stereocenters. The first-order valence-electron chi connectivity index (χ1n) is 9.42. The Kier molecular flexibility index (Phi) is 7.38. The largest absolute Gasteiger partial charge is 0.330 e. The zero-order valence-electron chi connectivity index (χ0n) is 15.9. The zero-order chi connectivity index (χ0) is 20.8. The summed E-state index contributed by atoms with van der Waals surface area (Å²) in [5.41, 5.74) is 13.4. The summed E-state index contributed by atoms with van der Waals surface area (Å²) in [4.78, 5) is 31.8. The maximum absolute atomic E-state index is 13.3. The monoisotopic (exact) mass is 428 g/mol. The molecule has 3 rings (SSSR count). The number of nitrogens with zero attached hydrogens (tertiary/aromatic N) is 2.